The zero-order chi connectivity index (χ0) is 23.8. The van der Waals surface area contributed by atoms with Gasteiger partial charge in [0.15, 0.2) is 0 Å². The van der Waals surface area contributed by atoms with E-state index in [-0.39, 0.29) is 71.0 Å². The van der Waals surface area contributed by atoms with Gasteiger partial charge in [-0.3, -0.25) is 19.2 Å². The number of nitrogens with zero attached hydrogens (tertiary/aromatic N) is 2. The summed E-state index contributed by atoms with van der Waals surface area (Å²) in [6, 6.07) is 0. The van der Waals surface area contributed by atoms with Crippen molar-refractivity contribution in [3.05, 3.63) is 46.6 Å². The van der Waals surface area contributed by atoms with Crippen LogP contribution < -0.4 is 9.80 Å². The molecular formula is C28H28N2O4. The van der Waals surface area contributed by atoms with Crippen molar-refractivity contribution < 1.29 is 19.2 Å². The van der Waals surface area contributed by atoms with Gasteiger partial charge < -0.3 is 0 Å². The molecule has 6 nitrogen and oxygen atoms in total. The molecule has 4 amide bonds. The molecule has 4 bridgehead atoms. The number of benzene rings is 1. The molecule has 0 unspecified atom stereocenters. The minimum absolute atomic E-state index is 0.102. The zero-order valence-electron chi connectivity index (χ0n) is 19.9. The highest BCUT2D eigenvalue weighted by molar-refractivity contribution is 6.25. The molecule has 0 aromatic heterocycles. The smallest absolute Gasteiger partial charge is 0.238 e. The van der Waals surface area contributed by atoms with E-state index in [2.05, 4.69) is 24.3 Å². The number of rotatable bonds is 2. The zero-order valence-corrected chi connectivity index (χ0v) is 19.9. The maximum Gasteiger partial charge on any atom is 0.238 e. The maximum atomic E-state index is 13.5. The molecule has 1 aromatic carbocycles. The normalized spacial score (nSPS) is 38.8. The Morgan fingerprint density at radius 1 is 0.500 bits per heavy atom. The summed E-state index contributed by atoms with van der Waals surface area (Å²) in [7, 11) is 0. The molecule has 1 aromatic rings. The van der Waals surface area contributed by atoms with E-state index in [1.54, 1.807) is 0 Å². The van der Waals surface area contributed by atoms with E-state index in [1.807, 2.05) is 27.7 Å². The molecule has 4 aliphatic carbocycles. The molecule has 6 aliphatic rings. The number of fused-ring (bicyclic) bond motifs is 10. The number of hydrogen-bond donors (Lipinski definition) is 0. The molecular weight excluding hydrogens is 428 g/mol. The number of allylic oxidation sites excluding steroid dienone is 4. The standard InChI is InChI=1S/C28H28N2O4/c1-11-12(2)24(30-27(33)21-17-7-8-18(10-17)22(21)28(30)34)14(4)13(3)23(11)29-25(31)19-15-5-6-16(9-15)20(19)26(29)32/h5-8,15-22H,9-10H2,1-4H3/t15-,16+,17-,18+,19+,20-,21+,22-. The van der Waals surface area contributed by atoms with Gasteiger partial charge in [0, 0.05) is 0 Å². The Morgan fingerprint density at radius 3 is 0.971 bits per heavy atom. The molecule has 174 valence electrons. The Morgan fingerprint density at radius 2 is 0.735 bits per heavy atom. The van der Waals surface area contributed by atoms with Gasteiger partial charge in [0.1, 0.15) is 0 Å². The first-order chi connectivity index (χ1) is 16.2. The summed E-state index contributed by atoms with van der Waals surface area (Å²) in [6.07, 6.45) is 10.2. The van der Waals surface area contributed by atoms with Gasteiger partial charge in [-0.2, -0.15) is 0 Å². The van der Waals surface area contributed by atoms with Crippen molar-refractivity contribution >= 4 is 35.0 Å². The number of hydrogen-bond acceptors (Lipinski definition) is 4. The monoisotopic (exact) mass is 456 g/mol. The average Bonchev–Trinajstić information content (AvgIpc) is 3.64. The molecule has 2 saturated carbocycles. The van der Waals surface area contributed by atoms with Crippen LogP contribution in [0.25, 0.3) is 0 Å². The van der Waals surface area contributed by atoms with Gasteiger partial charge in [0.05, 0.1) is 35.0 Å². The number of imide groups is 2. The summed E-state index contributed by atoms with van der Waals surface area (Å²) >= 11 is 0. The Kier molecular flexibility index (Phi) is 3.80. The van der Waals surface area contributed by atoms with E-state index >= 15 is 0 Å². The quantitative estimate of drug-likeness (QED) is 0.504. The van der Waals surface area contributed by atoms with Gasteiger partial charge in [0.25, 0.3) is 0 Å². The second-order valence-corrected chi connectivity index (χ2v) is 11.2. The van der Waals surface area contributed by atoms with E-state index in [1.165, 1.54) is 9.80 Å². The molecule has 34 heavy (non-hydrogen) atoms. The lowest BCUT2D eigenvalue weighted by atomic mass is 9.85. The van der Waals surface area contributed by atoms with Crippen molar-refractivity contribution in [1.82, 2.24) is 0 Å². The van der Waals surface area contributed by atoms with E-state index in [4.69, 9.17) is 0 Å². The first kappa shape index (κ1) is 20.4. The fourth-order valence-corrected chi connectivity index (χ4v) is 8.19. The number of anilines is 2. The van der Waals surface area contributed by atoms with Crippen molar-refractivity contribution in [3.63, 3.8) is 0 Å². The van der Waals surface area contributed by atoms with Gasteiger partial charge in [-0.05, 0) is 86.5 Å². The van der Waals surface area contributed by atoms with Crippen LogP contribution in [0.2, 0.25) is 0 Å². The number of carbonyl (C=O) groups is 4. The highest BCUT2D eigenvalue weighted by Gasteiger charge is 2.61. The summed E-state index contributed by atoms with van der Waals surface area (Å²) in [4.78, 5) is 56.9. The second kappa shape index (κ2) is 6.35. The van der Waals surface area contributed by atoms with Crippen LogP contribution in [-0.4, -0.2) is 23.6 Å². The van der Waals surface area contributed by atoms with Crippen molar-refractivity contribution in [2.45, 2.75) is 40.5 Å². The third-order valence-electron chi connectivity index (χ3n) is 9.93. The molecule has 4 fully saturated rings. The van der Waals surface area contributed by atoms with Gasteiger partial charge in [-0.1, -0.05) is 24.3 Å². The third kappa shape index (κ3) is 2.14. The molecule has 6 heteroatoms. The van der Waals surface area contributed by atoms with Gasteiger partial charge in [0.2, 0.25) is 23.6 Å². The second-order valence-electron chi connectivity index (χ2n) is 11.2. The Balaban J connectivity index is 1.33. The van der Waals surface area contributed by atoms with Crippen LogP contribution >= 0.6 is 0 Å². The van der Waals surface area contributed by atoms with Crippen LogP contribution in [0, 0.1) is 75.0 Å². The largest absolute Gasteiger partial charge is 0.274 e. The summed E-state index contributed by atoms with van der Waals surface area (Å²) in [5.41, 5.74) is 4.45. The molecule has 2 aliphatic heterocycles. The topological polar surface area (TPSA) is 74.8 Å². The number of carbonyl (C=O) groups excluding carboxylic acids is 4. The average molecular weight is 457 g/mol. The Labute approximate surface area is 198 Å². The van der Waals surface area contributed by atoms with Crippen LogP contribution in [0.5, 0.6) is 0 Å². The molecule has 2 saturated heterocycles. The first-order valence-electron chi connectivity index (χ1n) is 12.4. The lowest BCUT2D eigenvalue weighted by Gasteiger charge is -2.29. The predicted octanol–water partition coefficient (Wildman–Crippen LogP) is 3.54. The molecule has 7 rings (SSSR count). The number of amides is 4. The van der Waals surface area contributed by atoms with Crippen molar-refractivity contribution in [3.8, 4) is 0 Å². The van der Waals surface area contributed by atoms with Gasteiger partial charge in [-0.15, -0.1) is 0 Å². The lowest BCUT2D eigenvalue weighted by Crippen LogP contribution is -2.36. The molecule has 0 spiro atoms. The summed E-state index contributed by atoms with van der Waals surface area (Å²) in [6.45, 7) is 7.61. The minimum Gasteiger partial charge on any atom is -0.274 e. The first-order valence-corrected chi connectivity index (χ1v) is 12.4. The van der Waals surface area contributed by atoms with E-state index in [0.717, 1.165) is 35.1 Å². The molecule has 8 atom stereocenters. The van der Waals surface area contributed by atoms with Crippen LogP contribution in [0.4, 0.5) is 11.4 Å². The molecule has 0 radical (unpaired) electrons. The van der Waals surface area contributed by atoms with Gasteiger partial charge in [-0.25, -0.2) is 9.80 Å². The van der Waals surface area contributed by atoms with Gasteiger partial charge >= 0.3 is 0 Å². The Bertz CT molecular complexity index is 1120. The molecule has 0 N–H and O–H groups in total. The van der Waals surface area contributed by atoms with Crippen molar-refractivity contribution in [1.29, 1.82) is 0 Å². The third-order valence-corrected chi connectivity index (χ3v) is 9.93. The predicted molar refractivity (Wildman–Crippen MR) is 126 cm³/mol. The Hall–Kier alpha value is -3.02. The van der Waals surface area contributed by atoms with Crippen LogP contribution in [0.15, 0.2) is 24.3 Å². The van der Waals surface area contributed by atoms with Crippen LogP contribution in [-0.2, 0) is 19.2 Å². The molecule has 2 heterocycles. The highest BCUT2D eigenvalue weighted by Crippen LogP contribution is 2.56. The van der Waals surface area contributed by atoms with Crippen molar-refractivity contribution in [2.24, 2.45) is 47.3 Å². The van der Waals surface area contributed by atoms with E-state index in [0.29, 0.717) is 11.4 Å². The summed E-state index contributed by atoms with van der Waals surface area (Å²) in [5, 5.41) is 0. The van der Waals surface area contributed by atoms with Crippen LogP contribution in [0.3, 0.4) is 0 Å². The minimum atomic E-state index is -0.259. The fourth-order valence-electron chi connectivity index (χ4n) is 8.19. The SMILES string of the molecule is Cc1c(C)c(N2C(=O)[C@@H]3[C@H](C2=O)[C@H]2C=C[C@@H]3C2)c(C)c(C)c1N1C(=O)[C@@H]2[C@H](C1=O)[C@H]1C=C[C@@H]2C1. The van der Waals surface area contributed by atoms with Crippen LogP contribution in [0.1, 0.15) is 35.1 Å². The highest BCUT2D eigenvalue weighted by atomic mass is 16.2. The van der Waals surface area contributed by atoms with Crippen molar-refractivity contribution in [2.75, 3.05) is 9.80 Å². The maximum absolute atomic E-state index is 13.5. The fraction of sp³-hybridized carbons (Fsp3) is 0.500. The van der Waals surface area contributed by atoms with E-state index in [9.17, 15) is 19.2 Å². The summed E-state index contributed by atoms with van der Waals surface area (Å²) < 4.78 is 0. The summed E-state index contributed by atoms with van der Waals surface area (Å²) in [5.74, 6) is -0.824. The lowest BCUT2D eigenvalue weighted by molar-refractivity contribution is -0.124. The van der Waals surface area contributed by atoms with E-state index < -0.39 is 0 Å².